The lowest BCUT2D eigenvalue weighted by Crippen LogP contribution is -2.40. The molecule has 6 rings (SSSR count). The molecule has 0 aliphatic carbocycles. The van der Waals surface area contributed by atoms with Gasteiger partial charge in [0.2, 0.25) is 0 Å². The molecule has 8 nitrogen and oxygen atoms in total. The monoisotopic (exact) mass is 658 g/mol. The average Bonchev–Trinajstić information content (AvgIpc) is 3.47. The lowest BCUT2D eigenvalue weighted by Gasteiger charge is -2.30. The van der Waals surface area contributed by atoms with Crippen LogP contribution in [0.25, 0.3) is 22.0 Å². The van der Waals surface area contributed by atoms with Crippen LogP contribution in [0.2, 0.25) is 10.0 Å². The summed E-state index contributed by atoms with van der Waals surface area (Å²) in [5.74, 6) is -0.318. The van der Waals surface area contributed by atoms with Crippen LogP contribution >= 0.6 is 23.2 Å². The first-order valence-electron chi connectivity index (χ1n) is 15.3. The first kappa shape index (κ1) is 31.7. The first-order chi connectivity index (χ1) is 22.0. The van der Waals surface area contributed by atoms with Gasteiger partial charge in [-0.1, -0.05) is 41.4 Å². The topological polar surface area (TPSA) is 89.6 Å². The molecule has 5 aromatic rings. The number of amides is 1. The summed E-state index contributed by atoms with van der Waals surface area (Å²) in [7, 11) is 1.92. The molecular weight excluding hydrogens is 623 g/mol. The van der Waals surface area contributed by atoms with Crippen LogP contribution in [-0.2, 0) is 26.6 Å². The second-order valence-electron chi connectivity index (χ2n) is 12.0. The van der Waals surface area contributed by atoms with Crippen LogP contribution < -0.4 is 4.74 Å². The van der Waals surface area contributed by atoms with Gasteiger partial charge in [-0.3, -0.25) is 9.48 Å². The highest BCUT2D eigenvalue weighted by molar-refractivity contribution is 6.35. The van der Waals surface area contributed by atoms with Gasteiger partial charge in [-0.2, -0.15) is 5.10 Å². The molecule has 46 heavy (non-hydrogen) atoms. The Bertz CT molecular complexity index is 2000. The van der Waals surface area contributed by atoms with E-state index in [1.54, 1.807) is 23.1 Å². The third kappa shape index (κ3) is 5.65. The van der Waals surface area contributed by atoms with Gasteiger partial charge in [0, 0.05) is 53.9 Å². The lowest BCUT2D eigenvalue weighted by molar-refractivity contribution is 0.0690. The number of ether oxygens (including phenoxy) is 1. The van der Waals surface area contributed by atoms with E-state index in [2.05, 4.69) is 9.67 Å². The number of carboxylic acids is 1. The number of hydrogen-bond donors (Lipinski definition) is 1. The van der Waals surface area contributed by atoms with Gasteiger partial charge in [-0.15, -0.1) is 0 Å². The number of fused-ring (bicyclic) bond motifs is 3. The summed E-state index contributed by atoms with van der Waals surface area (Å²) in [5, 5.41) is 16.5. The molecule has 0 unspecified atom stereocenters. The normalized spacial score (nSPS) is 13.0. The molecule has 1 N–H and O–H groups in total. The van der Waals surface area contributed by atoms with Crippen LogP contribution in [0.15, 0.2) is 48.5 Å². The van der Waals surface area contributed by atoms with Crippen LogP contribution in [0.3, 0.4) is 0 Å². The van der Waals surface area contributed by atoms with Crippen molar-refractivity contribution >= 4 is 46.0 Å². The van der Waals surface area contributed by atoms with Crippen LogP contribution in [0.5, 0.6) is 5.75 Å². The summed E-state index contributed by atoms with van der Waals surface area (Å²) in [4.78, 5) is 27.7. The van der Waals surface area contributed by atoms with Gasteiger partial charge >= 0.3 is 5.97 Å². The van der Waals surface area contributed by atoms with Crippen molar-refractivity contribution in [2.75, 3.05) is 13.2 Å². The van der Waals surface area contributed by atoms with Crippen LogP contribution in [-0.4, -0.2) is 49.4 Å². The highest BCUT2D eigenvalue weighted by Crippen LogP contribution is 2.43. The second-order valence-corrected chi connectivity index (χ2v) is 12.8. The number of rotatable bonds is 9. The number of halogens is 2. The number of aryl methyl sites for hydroxylation is 5. The molecule has 0 fully saturated rings. The van der Waals surface area contributed by atoms with Crippen LogP contribution in [0.4, 0.5) is 0 Å². The fourth-order valence-corrected chi connectivity index (χ4v) is 7.02. The molecule has 10 heteroatoms. The molecule has 3 heterocycles. The van der Waals surface area contributed by atoms with E-state index in [4.69, 9.17) is 27.9 Å². The predicted molar refractivity (Wildman–Crippen MR) is 182 cm³/mol. The van der Waals surface area contributed by atoms with Gasteiger partial charge < -0.3 is 19.3 Å². The van der Waals surface area contributed by atoms with Gasteiger partial charge in [0.1, 0.15) is 11.4 Å². The third-order valence-electron chi connectivity index (χ3n) is 8.92. The molecule has 1 aliphatic heterocycles. The minimum Gasteiger partial charge on any atom is -0.494 e. The Hall–Kier alpha value is -4.27. The van der Waals surface area contributed by atoms with Crippen molar-refractivity contribution in [1.29, 1.82) is 0 Å². The highest BCUT2D eigenvalue weighted by atomic mass is 35.5. The minimum absolute atomic E-state index is 0.0928. The minimum atomic E-state index is -0.995. The lowest BCUT2D eigenvalue weighted by atomic mass is 9.98. The molecule has 0 radical (unpaired) electrons. The van der Waals surface area contributed by atoms with Crippen molar-refractivity contribution in [3.8, 4) is 16.9 Å². The predicted octanol–water partition coefficient (Wildman–Crippen LogP) is 7.95. The second kappa shape index (κ2) is 12.5. The Labute approximate surface area is 278 Å². The molecule has 3 aromatic carbocycles. The maximum atomic E-state index is 14.4. The number of benzene rings is 3. The number of carboxylic acid groups (broad SMARTS) is 1. The number of carbonyl (C=O) groups is 2. The summed E-state index contributed by atoms with van der Waals surface area (Å²) >= 11 is 13.3. The summed E-state index contributed by atoms with van der Waals surface area (Å²) < 4.78 is 10.1. The Balaban J connectivity index is 1.40. The first-order valence-corrected chi connectivity index (χ1v) is 16.1. The smallest absolute Gasteiger partial charge is 0.335 e. The van der Waals surface area contributed by atoms with Crippen molar-refractivity contribution in [1.82, 2.24) is 19.2 Å². The molecule has 2 aromatic heterocycles. The Morgan fingerprint density at radius 1 is 1.00 bits per heavy atom. The molecule has 1 amide bonds. The van der Waals surface area contributed by atoms with Crippen molar-refractivity contribution in [2.24, 2.45) is 7.05 Å². The van der Waals surface area contributed by atoms with Gasteiger partial charge in [0.05, 0.1) is 28.4 Å². The van der Waals surface area contributed by atoms with Crippen LogP contribution in [0, 0.1) is 27.7 Å². The number of aromatic carboxylic acids is 1. The zero-order valence-corrected chi connectivity index (χ0v) is 28.1. The van der Waals surface area contributed by atoms with Crippen molar-refractivity contribution in [3.05, 3.63) is 103 Å². The molecule has 1 aliphatic rings. The third-order valence-corrected chi connectivity index (χ3v) is 9.83. The number of hydrogen-bond acceptors (Lipinski definition) is 4. The van der Waals surface area contributed by atoms with Gasteiger partial charge in [0.25, 0.3) is 5.91 Å². The molecule has 0 saturated heterocycles. The van der Waals surface area contributed by atoms with E-state index in [9.17, 15) is 14.7 Å². The fourth-order valence-electron chi connectivity index (χ4n) is 6.66. The van der Waals surface area contributed by atoms with E-state index >= 15 is 0 Å². The van der Waals surface area contributed by atoms with Gasteiger partial charge in [-0.25, -0.2) is 4.79 Å². The summed E-state index contributed by atoms with van der Waals surface area (Å²) in [5.41, 5.74) is 9.14. The van der Waals surface area contributed by atoms with Crippen LogP contribution in [0.1, 0.15) is 60.9 Å². The standard InChI is InChI=1S/C36H36Cl2N4O4/c1-20-16-26(17-21(2)32(20)38)46-15-7-10-27-28-11-12-29(37)31(30-22(3)39-40(5)23(30)4)33(28)42-14-13-41(35(43)34(27)42)19-24-8-6-9-25(18-24)36(44)45/h6,8-9,11-12,16-18H,7,10,13-15,19H2,1-5H3,(H,44,45). The van der Waals surface area contributed by atoms with Crippen molar-refractivity contribution in [2.45, 2.75) is 53.6 Å². The largest absolute Gasteiger partial charge is 0.494 e. The molecule has 238 valence electrons. The number of carbonyl (C=O) groups excluding carboxylic acids is 1. The summed E-state index contributed by atoms with van der Waals surface area (Å²) in [6.45, 7) is 9.76. The van der Waals surface area contributed by atoms with Gasteiger partial charge in [-0.05, 0) is 93.1 Å². The van der Waals surface area contributed by atoms with E-state index in [1.807, 2.05) is 69.8 Å². The average molecular weight is 660 g/mol. The quantitative estimate of drug-likeness (QED) is 0.162. The van der Waals surface area contributed by atoms with Crippen molar-refractivity contribution < 1.29 is 19.4 Å². The zero-order chi connectivity index (χ0) is 32.9. The zero-order valence-electron chi connectivity index (χ0n) is 26.6. The SMILES string of the molecule is Cc1cc(OCCCc2c3n(c4c(-c5c(C)nn(C)c5C)c(Cl)ccc24)CCN(Cc2cccc(C(=O)O)c2)C3=O)cc(C)c1Cl. The summed E-state index contributed by atoms with van der Waals surface area (Å²) in [6.07, 6.45) is 1.30. The Morgan fingerprint density at radius 2 is 1.74 bits per heavy atom. The highest BCUT2D eigenvalue weighted by Gasteiger charge is 2.33. The Morgan fingerprint density at radius 3 is 2.41 bits per heavy atom. The number of aromatic nitrogens is 3. The maximum absolute atomic E-state index is 14.4. The van der Waals surface area contributed by atoms with E-state index in [0.29, 0.717) is 49.8 Å². The molecule has 0 spiro atoms. The van der Waals surface area contributed by atoms with E-state index in [0.717, 1.165) is 66.4 Å². The van der Waals surface area contributed by atoms with E-state index in [1.165, 1.54) is 0 Å². The molecule has 0 atom stereocenters. The van der Waals surface area contributed by atoms with E-state index < -0.39 is 5.97 Å². The molecular formula is C36H36Cl2N4O4. The number of nitrogens with zero attached hydrogens (tertiary/aromatic N) is 4. The van der Waals surface area contributed by atoms with Crippen molar-refractivity contribution in [3.63, 3.8) is 0 Å². The molecule has 0 bridgehead atoms. The fraction of sp³-hybridized carbons (Fsp3) is 0.306. The Kier molecular flexibility index (Phi) is 8.61. The van der Waals surface area contributed by atoms with E-state index in [-0.39, 0.29) is 11.5 Å². The maximum Gasteiger partial charge on any atom is 0.335 e. The van der Waals surface area contributed by atoms with Gasteiger partial charge in [0.15, 0.2) is 0 Å². The molecule has 0 saturated carbocycles. The summed E-state index contributed by atoms with van der Waals surface area (Å²) in [6, 6.07) is 14.6.